The van der Waals surface area contributed by atoms with Gasteiger partial charge in [-0.25, -0.2) is 0 Å². The van der Waals surface area contributed by atoms with E-state index in [1.54, 1.807) is 0 Å². The molecule has 0 saturated carbocycles. The van der Waals surface area contributed by atoms with E-state index in [0.717, 1.165) is 12.8 Å². The average molecular weight is 922 g/mol. The van der Waals surface area contributed by atoms with Gasteiger partial charge in [-0.05, 0) is 0 Å². The fourth-order valence-corrected chi connectivity index (χ4v) is 39.6. The van der Waals surface area contributed by atoms with E-state index in [0.29, 0.717) is 0 Å². The Morgan fingerprint density at radius 2 is 0.933 bits per heavy atom. The van der Waals surface area contributed by atoms with E-state index in [9.17, 15) is 17.0 Å². The molecule has 1 aliphatic heterocycles. The summed E-state index contributed by atoms with van der Waals surface area (Å²) < 4.78 is 1.10. The number of hydrogen-bond donors (Lipinski definition) is 0. The van der Waals surface area contributed by atoms with Crippen LogP contribution in [0.25, 0.3) is 45.5 Å². The zero-order valence-electron chi connectivity index (χ0n) is 36.3. The second-order valence-corrected chi connectivity index (χ2v) is 40.9. The molecule has 0 radical (unpaired) electrons. The third kappa shape index (κ3) is 6.79. The van der Waals surface area contributed by atoms with Gasteiger partial charge in [-0.3, -0.25) is 0 Å². The van der Waals surface area contributed by atoms with Gasteiger partial charge in [0.1, 0.15) is 0 Å². The third-order valence-electron chi connectivity index (χ3n) is 14.2. The molecule has 305 valence electrons. The number of allylic oxidation sites excluding steroid dienone is 2. The van der Waals surface area contributed by atoms with E-state index in [1.165, 1.54) is 117 Å². The number of halogens is 2. The Labute approximate surface area is 370 Å². The van der Waals surface area contributed by atoms with Crippen LogP contribution in [0.3, 0.4) is 0 Å². The molecule has 3 aliphatic rings. The fraction of sp³-hybridized carbons (Fsp3) is 0.286. The second kappa shape index (κ2) is 16.6. The van der Waals surface area contributed by atoms with E-state index in [2.05, 4.69) is 181 Å². The van der Waals surface area contributed by atoms with E-state index in [4.69, 9.17) is 0 Å². The minimum atomic E-state index is -5.66. The summed E-state index contributed by atoms with van der Waals surface area (Å²) in [5, 5.41) is 2.98. The molecular formula is C56H59Cl2SiZr. The zero-order chi connectivity index (χ0) is 41.8. The maximum atomic E-state index is 9.40. The molecule has 0 N–H and O–H groups in total. The van der Waals surface area contributed by atoms with E-state index < -0.39 is 25.9 Å². The Bertz CT molecular complexity index is 2550. The van der Waals surface area contributed by atoms with Crippen molar-refractivity contribution >= 4 is 52.3 Å². The van der Waals surface area contributed by atoms with Gasteiger partial charge in [0.05, 0.1) is 0 Å². The average Bonchev–Trinajstić information content (AvgIpc) is 3.98. The molecule has 6 aromatic rings. The first-order valence-corrected chi connectivity index (χ1v) is 34.5. The van der Waals surface area contributed by atoms with Gasteiger partial charge in [-0.15, -0.1) is 0 Å². The molecule has 4 heteroatoms. The van der Waals surface area contributed by atoms with Crippen molar-refractivity contribution in [3.8, 4) is 33.4 Å². The van der Waals surface area contributed by atoms with Crippen molar-refractivity contribution < 1.29 is 16.4 Å². The van der Waals surface area contributed by atoms with Crippen LogP contribution < -0.4 is 13.6 Å². The normalized spacial score (nSPS) is 17.6. The minimum absolute atomic E-state index is 0.102. The molecule has 0 aromatic heterocycles. The van der Waals surface area contributed by atoms with Gasteiger partial charge in [0.25, 0.3) is 0 Å². The quantitative estimate of drug-likeness (QED) is 0.101. The number of fused-ring (bicyclic) bond motifs is 5. The Kier molecular flexibility index (Phi) is 11.6. The predicted molar refractivity (Wildman–Crippen MR) is 263 cm³/mol. The summed E-state index contributed by atoms with van der Waals surface area (Å²) in [6.45, 7) is 14.1. The molecule has 2 unspecified atom stereocenters. The van der Waals surface area contributed by atoms with Crippen LogP contribution in [-0.4, -0.2) is 9.52 Å². The van der Waals surface area contributed by atoms with Gasteiger partial charge in [-0.2, -0.15) is 0 Å². The van der Waals surface area contributed by atoms with Crippen LogP contribution in [0.15, 0.2) is 139 Å². The summed E-state index contributed by atoms with van der Waals surface area (Å²) in [4.78, 5) is 0. The first-order valence-electron chi connectivity index (χ1n) is 22.7. The zero-order valence-corrected chi connectivity index (χ0v) is 41.7. The van der Waals surface area contributed by atoms with Gasteiger partial charge < -0.3 is 0 Å². The van der Waals surface area contributed by atoms with Crippen molar-refractivity contribution in [3.05, 3.63) is 172 Å². The molecular weight excluding hydrogens is 863 g/mol. The fourth-order valence-electron chi connectivity index (χ4n) is 11.3. The summed E-state index contributed by atoms with van der Waals surface area (Å²) in [5.41, 5.74) is 18.9. The number of hydrogen-bond acceptors (Lipinski definition) is 0. The second-order valence-electron chi connectivity index (χ2n) is 18.4. The van der Waals surface area contributed by atoms with Crippen molar-refractivity contribution in [3.63, 3.8) is 0 Å². The molecule has 1 heterocycles. The number of benzene rings is 6. The van der Waals surface area contributed by atoms with E-state index in [-0.39, 0.29) is 19.1 Å². The van der Waals surface area contributed by atoms with Crippen LogP contribution in [0.2, 0.25) is 0 Å². The number of aryl methyl sites for hydroxylation is 2. The number of rotatable bonds is 13. The first-order chi connectivity index (χ1) is 29.1. The van der Waals surface area contributed by atoms with Gasteiger partial charge in [0, 0.05) is 0 Å². The maximum absolute atomic E-state index is 9.40. The van der Waals surface area contributed by atoms with Crippen LogP contribution in [0.1, 0.15) is 108 Å². The van der Waals surface area contributed by atoms with Gasteiger partial charge in [0.2, 0.25) is 0 Å². The Morgan fingerprint density at radius 1 is 0.500 bits per heavy atom. The molecule has 0 amide bonds. The van der Waals surface area contributed by atoms with Crippen molar-refractivity contribution in [1.29, 1.82) is 0 Å². The Morgan fingerprint density at radius 3 is 1.43 bits per heavy atom. The van der Waals surface area contributed by atoms with E-state index in [1.807, 2.05) is 0 Å². The first kappa shape index (κ1) is 41.8. The van der Waals surface area contributed by atoms with Gasteiger partial charge >= 0.3 is 373 Å². The monoisotopic (exact) mass is 919 g/mol. The van der Waals surface area contributed by atoms with Crippen LogP contribution in [0, 0.1) is 11.8 Å². The standard InChI is InChI=1S/2C22H25.C12H9Si.2ClH.Zr/c2*1-4-5-9-17-10-6-7-12-20(17)21-13-8-11-18-14-19(16(2)3)15-22(18)21;1-3-7-11-9(5-1)10-6-2-4-8-12(10)13-11;;;/h2*6-8,10-16H,4-5,9H2,1-3H3;1-7H,13H2;2*1H;/q;;;;;+2/p-2. The third-order valence-corrected chi connectivity index (χ3v) is 36.8. The summed E-state index contributed by atoms with van der Waals surface area (Å²) in [5.74, 6) is 0.512. The van der Waals surface area contributed by atoms with Crippen molar-refractivity contribution in [2.75, 3.05) is 0 Å². The van der Waals surface area contributed by atoms with Crippen molar-refractivity contribution in [1.82, 2.24) is 0 Å². The topological polar surface area (TPSA) is 0 Å². The van der Waals surface area contributed by atoms with Crippen LogP contribution >= 0.6 is 17.0 Å². The Balaban J connectivity index is 1.35. The van der Waals surface area contributed by atoms with Crippen LogP contribution in [0.5, 0.6) is 0 Å². The molecule has 0 nitrogen and oxygen atoms in total. The predicted octanol–water partition coefficient (Wildman–Crippen LogP) is 14.0. The summed E-state index contributed by atoms with van der Waals surface area (Å²) >= 11 is -5.66. The number of unbranched alkanes of at least 4 members (excludes halogenated alkanes) is 2. The summed E-state index contributed by atoms with van der Waals surface area (Å²) in [6, 6.07) is 48.4. The molecule has 0 bridgehead atoms. The molecule has 0 saturated heterocycles. The van der Waals surface area contributed by atoms with Crippen molar-refractivity contribution in [2.24, 2.45) is 11.8 Å². The molecule has 2 aliphatic carbocycles. The summed E-state index contributed by atoms with van der Waals surface area (Å²) in [7, 11) is 17.9. The van der Waals surface area contributed by atoms with Crippen LogP contribution in [0.4, 0.5) is 0 Å². The SMILES string of the molecule is CCCCc1ccccc1-c1cccc2c1C=C(C(C)C)[CH]2[Zr]([Cl])([Cl])([c]1cccc2c1[SiH2]c1ccccc1-2)[CH]1C(C(C)C)=Cc2c(-c3ccccc3CCCC)cccc21. The molecule has 60 heavy (non-hydrogen) atoms. The molecule has 2 atom stereocenters. The summed E-state index contributed by atoms with van der Waals surface area (Å²) in [6.07, 6.45) is 11.9. The Hall–Kier alpha value is -3.52. The molecule has 0 spiro atoms. The van der Waals surface area contributed by atoms with E-state index >= 15 is 0 Å². The van der Waals surface area contributed by atoms with Crippen LogP contribution in [-0.2, 0) is 29.2 Å². The van der Waals surface area contributed by atoms with Crippen molar-refractivity contribution in [2.45, 2.75) is 87.3 Å². The van der Waals surface area contributed by atoms with Gasteiger partial charge in [0.15, 0.2) is 0 Å². The molecule has 9 rings (SSSR count). The molecule has 6 aromatic carbocycles. The molecule has 0 fully saturated rings. The van der Waals surface area contributed by atoms with Gasteiger partial charge in [-0.1, -0.05) is 0 Å².